The lowest BCUT2D eigenvalue weighted by Crippen LogP contribution is -2.21. The van der Waals surface area contributed by atoms with Gasteiger partial charge < -0.3 is 9.15 Å². The summed E-state index contributed by atoms with van der Waals surface area (Å²) in [4.78, 5) is 28.8. The van der Waals surface area contributed by atoms with Gasteiger partial charge in [-0.3, -0.25) is 9.36 Å². The Labute approximate surface area is 157 Å². The highest BCUT2D eigenvalue weighted by molar-refractivity contribution is 5.90. The molecule has 1 aromatic carbocycles. The van der Waals surface area contributed by atoms with Gasteiger partial charge in [0.2, 0.25) is 0 Å². The normalized spacial score (nSPS) is 11.1. The van der Waals surface area contributed by atoms with Crippen molar-refractivity contribution < 1.29 is 18.3 Å². The zero-order valence-electron chi connectivity index (χ0n) is 15.0. The predicted molar refractivity (Wildman–Crippen MR) is 97.0 cm³/mol. The molecule has 8 nitrogen and oxygen atoms in total. The molecule has 0 radical (unpaired) electrons. The van der Waals surface area contributed by atoms with Crippen LogP contribution in [0.15, 0.2) is 52.1 Å². The lowest BCUT2D eigenvalue weighted by atomic mass is 10.2. The summed E-state index contributed by atoms with van der Waals surface area (Å²) in [5, 5.41) is 4.50. The third-order valence-corrected chi connectivity index (χ3v) is 4.33. The van der Waals surface area contributed by atoms with E-state index in [4.69, 9.17) is 9.15 Å². The highest BCUT2D eigenvalue weighted by atomic mass is 19.1. The standard InChI is InChI=1S/C19H15FN4O4/c1-11-15(19(26)27-2)7-14(28-11)9-23-10-21-17-16(18(23)25)8-22-24(17)13-5-3-12(20)4-6-13/h3-8,10H,9H2,1-2H3. The number of methoxy groups -OCH3 is 1. The molecule has 0 fully saturated rings. The molecular formula is C19H15FN4O4. The maximum Gasteiger partial charge on any atom is 0.341 e. The summed E-state index contributed by atoms with van der Waals surface area (Å²) in [5.74, 6) is -0.0373. The van der Waals surface area contributed by atoms with E-state index in [1.807, 2.05) is 0 Å². The van der Waals surface area contributed by atoms with E-state index in [1.54, 1.807) is 25.1 Å². The molecular weight excluding hydrogens is 367 g/mol. The van der Waals surface area contributed by atoms with Crippen LogP contribution in [0.2, 0.25) is 0 Å². The van der Waals surface area contributed by atoms with Crippen molar-refractivity contribution in [1.29, 1.82) is 0 Å². The van der Waals surface area contributed by atoms with Crippen LogP contribution in [0, 0.1) is 12.7 Å². The molecule has 28 heavy (non-hydrogen) atoms. The molecule has 4 aromatic rings. The first kappa shape index (κ1) is 17.7. The Morgan fingerprint density at radius 3 is 2.75 bits per heavy atom. The average molecular weight is 382 g/mol. The molecule has 3 aromatic heterocycles. The van der Waals surface area contributed by atoms with Gasteiger partial charge >= 0.3 is 5.97 Å². The van der Waals surface area contributed by atoms with E-state index in [0.717, 1.165) is 0 Å². The van der Waals surface area contributed by atoms with Crippen LogP contribution in [0.4, 0.5) is 4.39 Å². The summed E-state index contributed by atoms with van der Waals surface area (Å²) in [6, 6.07) is 7.26. The Bertz CT molecular complexity index is 1240. The topological polar surface area (TPSA) is 92.2 Å². The lowest BCUT2D eigenvalue weighted by Gasteiger charge is -2.05. The minimum atomic E-state index is -0.506. The molecule has 0 amide bonds. The molecule has 4 rings (SSSR count). The predicted octanol–water partition coefficient (Wildman–Crippen LogP) is 2.46. The van der Waals surface area contributed by atoms with Gasteiger partial charge in [-0.05, 0) is 37.3 Å². The average Bonchev–Trinajstić information content (AvgIpc) is 3.28. The first-order valence-electron chi connectivity index (χ1n) is 8.34. The number of carbonyl (C=O) groups is 1. The van der Waals surface area contributed by atoms with E-state index >= 15 is 0 Å². The summed E-state index contributed by atoms with van der Waals surface area (Å²) in [6.45, 7) is 1.74. The first-order valence-corrected chi connectivity index (χ1v) is 8.34. The molecule has 0 aliphatic rings. The number of aryl methyl sites for hydroxylation is 1. The fraction of sp³-hybridized carbons (Fsp3) is 0.158. The zero-order valence-corrected chi connectivity index (χ0v) is 15.0. The number of carbonyl (C=O) groups excluding carboxylic acids is 1. The highest BCUT2D eigenvalue weighted by Gasteiger charge is 2.17. The molecule has 0 N–H and O–H groups in total. The Morgan fingerprint density at radius 1 is 1.29 bits per heavy atom. The molecule has 3 heterocycles. The lowest BCUT2D eigenvalue weighted by molar-refractivity contribution is 0.0599. The van der Waals surface area contributed by atoms with Crippen LogP contribution in [-0.2, 0) is 11.3 Å². The Balaban J connectivity index is 1.70. The van der Waals surface area contributed by atoms with Gasteiger partial charge in [-0.2, -0.15) is 5.10 Å². The van der Waals surface area contributed by atoms with Gasteiger partial charge in [0.05, 0.1) is 25.5 Å². The number of halogens is 1. The summed E-state index contributed by atoms with van der Waals surface area (Å²) >= 11 is 0. The summed E-state index contributed by atoms with van der Waals surface area (Å²) in [7, 11) is 1.29. The van der Waals surface area contributed by atoms with Crippen LogP contribution in [0.5, 0.6) is 0 Å². The maximum atomic E-state index is 13.1. The smallest absolute Gasteiger partial charge is 0.341 e. The van der Waals surface area contributed by atoms with E-state index in [1.165, 1.54) is 41.0 Å². The van der Waals surface area contributed by atoms with Crippen molar-refractivity contribution in [2.45, 2.75) is 13.5 Å². The summed E-state index contributed by atoms with van der Waals surface area (Å²) in [5.41, 5.74) is 0.944. The van der Waals surface area contributed by atoms with E-state index in [-0.39, 0.29) is 17.9 Å². The molecule has 0 bridgehead atoms. The van der Waals surface area contributed by atoms with Gasteiger partial charge in [0.25, 0.3) is 5.56 Å². The monoisotopic (exact) mass is 382 g/mol. The van der Waals surface area contributed by atoms with Gasteiger partial charge in [-0.25, -0.2) is 18.9 Å². The molecule has 9 heteroatoms. The molecule has 0 spiro atoms. The quantitative estimate of drug-likeness (QED) is 0.504. The van der Waals surface area contributed by atoms with Gasteiger partial charge in [0.1, 0.15) is 34.6 Å². The number of furan rings is 1. The van der Waals surface area contributed by atoms with Gasteiger partial charge in [-0.15, -0.1) is 0 Å². The number of hydrogen-bond donors (Lipinski definition) is 0. The maximum absolute atomic E-state index is 13.1. The third-order valence-electron chi connectivity index (χ3n) is 4.33. The summed E-state index contributed by atoms with van der Waals surface area (Å²) < 4.78 is 26.2. The Morgan fingerprint density at radius 2 is 2.04 bits per heavy atom. The van der Waals surface area contributed by atoms with E-state index < -0.39 is 5.97 Å². The van der Waals surface area contributed by atoms with Crippen LogP contribution >= 0.6 is 0 Å². The minimum Gasteiger partial charge on any atom is -0.465 e. The largest absolute Gasteiger partial charge is 0.465 e. The zero-order chi connectivity index (χ0) is 19.8. The molecule has 0 unspecified atom stereocenters. The molecule has 0 aliphatic heterocycles. The highest BCUT2D eigenvalue weighted by Crippen LogP contribution is 2.17. The van der Waals surface area contributed by atoms with Gasteiger partial charge in [0, 0.05) is 0 Å². The molecule has 0 saturated carbocycles. The number of fused-ring (bicyclic) bond motifs is 1. The Kier molecular flexibility index (Phi) is 4.26. The second-order valence-electron chi connectivity index (χ2n) is 6.12. The summed E-state index contributed by atoms with van der Waals surface area (Å²) in [6.07, 6.45) is 2.79. The van der Waals surface area contributed by atoms with Crippen LogP contribution in [-0.4, -0.2) is 32.4 Å². The SMILES string of the molecule is COC(=O)c1cc(Cn2cnc3c(cnn3-c3ccc(F)cc3)c2=O)oc1C. The van der Waals surface area contributed by atoms with Gasteiger partial charge in [0.15, 0.2) is 5.65 Å². The van der Waals surface area contributed by atoms with Crippen LogP contribution < -0.4 is 5.56 Å². The number of ether oxygens (including phenoxy) is 1. The van der Waals surface area contributed by atoms with Crippen molar-refractivity contribution in [2.24, 2.45) is 0 Å². The van der Waals surface area contributed by atoms with Crippen molar-refractivity contribution in [1.82, 2.24) is 19.3 Å². The van der Waals surface area contributed by atoms with Crippen LogP contribution in [0.3, 0.4) is 0 Å². The van der Waals surface area contributed by atoms with Crippen molar-refractivity contribution in [3.05, 3.63) is 76.1 Å². The number of rotatable bonds is 4. The van der Waals surface area contributed by atoms with Crippen LogP contribution in [0.25, 0.3) is 16.7 Å². The molecule has 0 aliphatic carbocycles. The second kappa shape index (κ2) is 6.76. The van der Waals surface area contributed by atoms with Crippen molar-refractivity contribution >= 4 is 17.0 Å². The fourth-order valence-corrected chi connectivity index (χ4v) is 2.93. The van der Waals surface area contributed by atoms with Crippen molar-refractivity contribution in [3.8, 4) is 5.69 Å². The number of esters is 1. The number of hydrogen-bond acceptors (Lipinski definition) is 6. The number of aromatic nitrogens is 4. The van der Waals surface area contributed by atoms with Crippen molar-refractivity contribution in [2.75, 3.05) is 7.11 Å². The Hall–Kier alpha value is -3.75. The van der Waals surface area contributed by atoms with E-state index in [2.05, 4.69) is 10.1 Å². The molecule has 142 valence electrons. The van der Waals surface area contributed by atoms with Gasteiger partial charge in [-0.1, -0.05) is 0 Å². The second-order valence-corrected chi connectivity index (χ2v) is 6.12. The third kappa shape index (κ3) is 2.96. The molecule has 0 atom stereocenters. The first-order chi connectivity index (χ1) is 13.5. The van der Waals surface area contributed by atoms with E-state index in [9.17, 15) is 14.0 Å². The van der Waals surface area contributed by atoms with Crippen molar-refractivity contribution in [3.63, 3.8) is 0 Å². The minimum absolute atomic E-state index is 0.0985. The van der Waals surface area contributed by atoms with E-state index in [0.29, 0.717) is 33.8 Å². The molecule has 0 saturated heterocycles. The number of nitrogens with zero attached hydrogens (tertiary/aromatic N) is 4. The fourth-order valence-electron chi connectivity index (χ4n) is 2.93. The van der Waals surface area contributed by atoms with Crippen LogP contribution in [0.1, 0.15) is 21.9 Å². The number of benzene rings is 1.